The van der Waals surface area contributed by atoms with Gasteiger partial charge in [-0.1, -0.05) is 92.8 Å². The molecule has 2 aliphatic rings. The standard InChI is InChI=1S/2C10H9Cl2NO.2C3H4Cl2O2/c2*11-8-4-3-7(5-9(8)12)13-10(14)6-1-2-6;2*1-3(4,5)2(6)7/h2*3-6H,1-2H2,(H,13,14);2*1H3,(H,6,7). The van der Waals surface area contributed by atoms with Crippen LogP contribution in [0.5, 0.6) is 0 Å². The maximum atomic E-state index is 11.4. The average Bonchev–Trinajstić information content (AvgIpc) is 3.76. The molecule has 0 atom stereocenters. The number of alkyl halides is 4. The Morgan fingerprint density at radius 3 is 1.07 bits per heavy atom. The van der Waals surface area contributed by atoms with Crippen LogP contribution in [-0.4, -0.2) is 42.6 Å². The molecule has 232 valence electrons. The Labute approximate surface area is 282 Å². The van der Waals surface area contributed by atoms with Gasteiger partial charge in [0, 0.05) is 23.2 Å². The number of halogens is 8. The fourth-order valence-corrected chi connectivity index (χ4v) is 2.92. The average molecular weight is 746 g/mol. The van der Waals surface area contributed by atoms with Gasteiger partial charge in [-0.2, -0.15) is 0 Å². The van der Waals surface area contributed by atoms with Crippen molar-refractivity contribution in [3.63, 3.8) is 0 Å². The minimum Gasteiger partial charge on any atom is -0.479 e. The van der Waals surface area contributed by atoms with Crippen molar-refractivity contribution in [2.24, 2.45) is 11.8 Å². The van der Waals surface area contributed by atoms with Crippen molar-refractivity contribution < 1.29 is 29.4 Å². The number of carbonyl (C=O) groups is 4. The van der Waals surface area contributed by atoms with Gasteiger partial charge in [0.2, 0.25) is 20.5 Å². The lowest BCUT2D eigenvalue weighted by Crippen LogP contribution is -2.19. The molecule has 2 aromatic rings. The van der Waals surface area contributed by atoms with Crippen molar-refractivity contribution >= 4 is 128 Å². The van der Waals surface area contributed by atoms with Crippen molar-refractivity contribution in [3.05, 3.63) is 56.5 Å². The number of carboxylic acid groups (broad SMARTS) is 2. The van der Waals surface area contributed by atoms with Crippen molar-refractivity contribution in [1.29, 1.82) is 0 Å². The van der Waals surface area contributed by atoms with E-state index in [0.29, 0.717) is 31.5 Å². The number of rotatable bonds is 6. The van der Waals surface area contributed by atoms with Gasteiger partial charge in [-0.05, 0) is 75.9 Å². The largest absolute Gasteiger partial charge is 0.479 e. The van der Waals surface area contributed by atoms with E-state index in [2.05, 4.69) is 10.6 Å². The molecule has 0 aliphatic heterocycles. The molecular weight excluding hydrogens is 720 g/mol. The van der Waals surface area contributed by atoms with Crippen molar-refractivity contribution in [2.45, 2.75) is 48.2 Å². The third-order valence-electron chi connectivity index (χ3n) is 5.02. The van der Waals surface area contributed by atoms with E-state index in [1.807, 2.05) is 0 Å². The molecule has 2 amide bonds. The third kappa shape index (κ3) is 15.9. The number of carbonyl (C=O) groups excluding carboxylic acids is 2. The molecule has 8 nitrogen and oxygen atoms in total. The van der Waals surface area contributed by atoms with Gasteiger partial charge in [0.25, 0.3) is 0 Å². The van der Waals surface area contributed by atoms with E-state index >= 15 is 0 Å². The van der Waals surface area contributed by atoms with Gasteiger partial charge in [0.1, 0.15) is 0 Å². The summed E-state index contributed by atoms with van der Waals surface area (Å²) in [5, 5.41) is 23.5. The predicted octanol–water partition coefficient (Wildman–Crippen LogP) is 9.21. The van der Waals surface area contributed by atoms with E-state index in [0.717, 1.165) is 25.7 Å². The lowest BCUT2D eigenvalue weighted by molar-refractivity contribution is -0.138. The lowest BCUT2D eigenvalue weighted by atomic mass is 10.3. The number of anilines is 2. The SMILES string of the molecule is CC(Cl)(Cl)C(=O)O.CC(Cl)(Cl)C(=O)O.O=C(Nc1ccc(Cl)c(Cl)c1)C1CC1.O=C(Nc1ccc(Cl)c(Cl)c1)C1CC1. The first-order valence-corrected chi connectivity index (χ1v) is 15.0. The molecule has 16 heteroatoms. The van der Waals surface area contributed by atoms with Gasteiger partial charge in [0.05, 0.1) is 20.1 Å². The summed E-state index contributed by atoms with van der Waals surface area (Å²) in [5.41, 5.74) is 1.41. The summed E-state index contributed by atoms with van der Waals surface area (Å²) in [6.07, 6.45) is 3.97. The second-order valence-corrected chi connectivity index (χ2v) is 14.2. The van der Waals surface area contributed by atoms with E-state index in [1.54, 1.807) is 36.4 Å². The van der Waals surface area contributed by atoms with Crippen molar-refractivity contribution in [3.8, 4) is 0 Å². The topological polar surface area (TPSA) is 133 Å². The highest BCUT2D eigenvalue weighted by Crippen LogP contribution is 2.32. The molecular formula is C26H26Cl8N2O6. The van der Waals surface area contributed by atoms with Crippen LogP contribution in [0, 0.1) is 11.8 Å². The van der Waals surface area contributed by atoms with Gasteiger partial charge < -0.3 is 20.8 Å². The zero-order valence-corrected chi connectivity index (χ0v) is 28.0. The van der Waals surface area contributed by atoms with E-state index in [1.165, 1.54) is 13.8 Å². The monoisotopic (exact) mass is 742 g/mol. The fraction of sp³-hybridized carbons (Fsp3) is 0.385. The second-order valence-electron chi connectivity index (χ2n) is 9.17. The Bertz CT molecular complexity index is 1170. The maximum absolute atomic E-state index is 11.4. The highest BCUT2D eigenvalue weighted by atomic mass is 35.5. The minimum atomic E-state index is -1.64. The summed E-state index contributed by atoms with van der Waals surface area (Å²) in [4.78, 5) is 42.3. The molecule has 0 heterocycles. The number of nitrogens with one attached hydrogen (secondary N) is 2. The van der Waals surface area contributed by atoms with Gasteiger partial charge in [-0.25, -0.2) is 9.59 Å². The third-order valence-corrected chi connectivity index (χ3v) is 7.15. The highest BCUT2D eigenvalue weighted by molar-refractivity contribution is 6.57. The molecule has 2 fully saturated rings. The molecule has 0 aromatic heterocycles. The molecule has 0 unspecified atom stereocenters. The van der Waals surface area contributed by atoms with Crippen LogP contribution in [0.25, 0.3) is 0 Å². The summed E-state index contributed by atoms with van der Waals surface area (Å²) in [6, 6.07) is 10.1. The van der Waals surface area contributed by atoms with Crippen LogP contribution in [-0.2, 0) is 19.2 Å². The zero-order valence-electron chi connectivity index (χ0n) is 22.0. The Hall–Kier alpha value is -1.36. The number of benzene rings is 2. The number of amides is 2. The van der Waals surface area contributed by atoms with Gasteiger partial charge >= 0.3 is 11.9 Å². The van der Waals surface area contributed by atoms with Crippen LogP contribution in [0.15, 0.2) is 36.4 Å². The predicted molar refractivity (Wildman–Crippen MR) is 171 cm³/mol. The molecule has 2 aliphatic carbocycles. The van der Waals surface area contributed by atoms with Crippen LogP contribution >= 0.6 is 92.8 Å². The second kappa shape index (κ2) is 17.2. The van der Waals surface area contributed by atoms with E-state index in [-0.39, 0.29) is 23.7 Å². The number of hydrogen-bond donors (Lipinski definition) is 4. The fourth-order valence-electron chi connectivity index (χ4n) is 2.33. The number of aliphatic carboxylic acids is 2. The molecule has 2 aromatic carbocycles. The molecule has 2 saturated carbocycles. The van der Waals surface area contributed by atoms with Crippen LogP contribution in [0.4, 0.5) is 11.4 Å². The first kappa shape index (κ1) is 38.7. The van der Waals surface area contributed by atoms with Crippen LogP contribution in [0.1, 0.15) is 39.5 Å². The minimum absolute atomic E-state index is 0.0726. The first-order chi connectivity index (χ1) is 19.2. The summed E-state index contributed by atoms with van der Waals surface area (Å²) in [7, 11) is 0. The van der Waals surface area contributed by atoms with Crippen LogP contribution in [0.3, 0.4) is 0 Å². The van der Waals surface area contributed by atoms with Crippen molar-refractivity contribution in [1.82, 2.24) is 0 Å². The molecule has 0 radical (unpaired) electrons. The first-order valence-electron chi connectivity index (χ1n) is 12.0. The Kier molecular flexibility index (Phi) is 15.8. The summed E-state index contributed by atoms with van der Waals surface area (Å²) >= 11 is 43.2. The summed E-state index contributed by atoms with van der Waals surface area (Å²) in [5.74, 6) is -1.91. The molecule has 0 spiro atoms. The smallest absolute Gasteiger partial charge is 0.339 e. The molecule has 4 rings (SSSR count). The highest BCUT2D eigenvalue weighted by Gasteiger charge is 2.30. The van der Waals surface area contributed by atoms with E-state index < -0.39 is 20.6 Å². The zero-order chi connectivity index (χ0) is 32.4. The lowest BCUT2D eigenvalue weighted by Gasteiger charge is -2.04. The van der Waals surface area contributed by atoms with Crippen LogP contribution in [0.2, 0.25) is 20.1 Å². The Morgan fingerprint density at radius 1 is 0.619 bits per heavy atom. The molecule has 0 saturated heterocycles. The number of carboxylic acids is 2. The van der Waals surface area contributed by atoms with E-state index in [4.69, 9.17) is 103 Å². The normalized spacial score (nSPS) is 14.0. The molecule has 0 bridgehead atoms. The molecule has 42 heavy (non-hydrogen) atoms. The Morgan fingerprint density at radius 2 is 0.881 bits per heavy atom. The number of hydrogen-bond acceptors (Lipinski definition) is 4. The van der Waals surface area contributed by atoms with Crippen molar-refractivity contribution in [2.75, 3.05) is 10.6 Å². The maximum Gasteiger partial charge on any atom is 0.339 e. The van der Waals surface area contributed by atoms with Crippen LogP contribution < -0.4 is 10.6 Å². The summed E-state index contributed by atoms with van der Waals surface area (Å²) in [6.45, 7) is 2.39. The summed E-state index contributed by atoms with van der Waals surface area (Å²) < 4.78 is -3.28. The van der Waals surface area contributed by atoms with Gasteiger partial charge in [-0.15, -0.1) is 0 Å². The van der Waals surface area contributed by atoms with Gasteiger partial charge in [0.15, 0.2) is 0 Å². The Balaban J connectivity index is 0.000000297. The van der Waals surface area contributed by atoms with Gasteiger partial charge in [-0.3, -0.25) is 9.59 Å². The van der Waals surface area contributed by atoms with E-state index in [9.17, 15) is 19.2 Å². The molecule has 4 N–H and O–H groups in total. The quantitative estimate of drug-likeness (QED) is 0.218.